The van der Waals surface area contributed by atoms with Crippen LogP contribution in [0.1, 0.15) is 19.8 Å². The van der Waals surface area contributed by atoms with Gasteiger partial charge in [-0.15, -0.1) is 0 Å². The number of ether oxygens (including phenoxy) is 1. The summed E-state index contributed by atoms with van der Waals surface area (Å²) in [6, 6.07) is 19.6. The topological polar surface area (TPSA) is 69.7 Å². The Hall–Kier alpha value is -2.16. The monoisotopic (exact) mass is 508 g/mol. The van der Waals surface area contributed by atoms with Gasteiger partial charge in [0.05, 0.1) is 22.3 Å². The Labute approximate surface area is 187 Å². The second-order valence-corrected chi connectivity index (χ2v) is 10.3. The van der Waals surface area contributed by atoms with Crippen molar-refractivity contribution in [2.24, 2.45) is 0 Å². The fourth-order valence-corrected chi connectivity index (χ4v) is 5.76. The average Bonchev–Trinajstić information content (AvgIpc) is 2.74. The van der Waals surface area contributed by atoms with Crippen LogP contribution in [0.2, 0.25) is 0 Å². The van der Waals surface area contributed by atoms with Gasteiger partial charge >= 0.3 is 10.1 Å². The Kier molecular flexibility index (Phi) is 7.69. The number of hydrogen-bond acceptors (Lipinski definition) is 5. The third-order valence-corrected chi connectivity index (χ3v) is 7.49. The van der Waals surface area contributed by atoms with Gasteiger partial charge in [0.25, 0.3) is 0 Å². The predicted molar refractivity (Wildman–Crippen MR) is 120 cm³/mol. The van der Waals surface area contributed by atoms with E-state index in [0.717, 1.165) is 12.8 Å². The van der Waals surface area contributed by atoms with Crippen LogP contribution in [0.25, 0.3) is 0 Å². The Morgan fingerprint density at radius 1 is 0.933 bits per heavy atom. The van der Waals surface area contributed by atoms with Crippen molar-refractivity contribution >= 4 is 36.8 Å². The lowest BCUT2D eigenvalue weighted by Crippen LogP contribution is -2.13. The lowest BCUT2D eigenvalue weighted by atomic mass is 10.3. The van der Waals surface area contributed by atoms with Crippen LogP contribution in [-0.4, -0.2) is 19.2 Å². The predicted octanol–water partition coefficient (Wildman–Crippen LogP) is 5.56. The molecule has 158 valence electrons. The number of para-hydroxylation sites is 1. The average molecular weight is 509 g/mol. The minimum atomic E-state index is -4.19. The second kappa shape index (κ2) is 10.2. The van der Waals surface area contributed by atoms with Crippen LogP contribution in [0.5, 0.6) is 11.5 Å². The third kappa shape index (κ3) is 5.71. The van der Waals surface area contributed by atoms with Crippen molar-refractivity contribution < 1.29 is 21.5 Å². The van der Waals surface area contributed by atoms with Crippen LogP contribution >= 0.6 is 15.9 Å². The molecule has 0 aliphatic carbocycles. The summed E-state index contributed by atoms with van der Waals surface area (Å²) >= 11 is 3.28. The molecule has 0 aliphatic heterocycles. The molecule has 0 saturated heterocycles. The number of halogens is 1. The Bertz CT molecular complexity index is 1110. The molecule has 3 rings (SSSR count). The largest absolute Gasteiger partial charge is 0.494 e. The minimum absolute atomic E-state index is 0.147. The molecule has 0 radical (unpaired) electrons. The Balaban J connectivity index is 1.90. The third-order valence-electron chi connectivity index (χ3n) is 4.13. The zero-order chi connectivity index (χ0) is 21.6. The summed E-state index contributed by atoms with van der Waals surface area (Å²) in [5.41, 5.74) is 0. The van der Waals surface area contributed by atoms with Gasteiger partial charge in [0.1, 0.15) is 16.4 Å². The first-order valence-corrected chi connectivity index (χ1v) is 12.7. The van der Waals surface area contributed by atoms with E-state index in [-0.39, 0.29) is 15.5 Å². The Morgan fingerprint density at radius 2 is 1.63 bits per heavy atom. The molecular weight excluding hydrogens is 488 g/mol. The van der Waals surface area contributed by atoms with Gasteiger partial charge in [0.2, 0.25) is 0 Å². The molecule has 0 fully saturated rings. The van der Waals surface area contributed by atoms with Crippen molar-refractivity contribution in [3.8, 4) is 11.5 Å². The summed E-state index contributed by atoms with van der Waals surface area (Å²) < 4.78 is 50.4. The molecule has 0 bridgehead atoms. The molecule has 0 amide bonds. The van der Waals surface area contributed by atoms with E-state index in [0.29, 0.717) is 21.7 Å². The summed E-state index contributed by atoms with van der Waals surface area (Å²) in [6.45, 7) is 2.70. The van der Waals surface area contributed by atoms with Gasteiger partial charge in [-0.3, -0.25) is 0 Å². The molecule has 30 heavy (non-hydrogen) atoms. The van der Waals surface area contributed by atoms with Crippen molar-refractivity contribution in [1.29, 1.82) is 0 Å². The second-order valence-electron chi connectivity index (χ2n) is 6.38. The number of unbranched alkanes of at least 4 members (excludes halogenated alkanes) is 1. The molecule has 3 aromatic rings. The highest BCUT2D eigenvalue weighted by molar-refractivity contribution is 9.10. The van der Waals surface area contributed by atoms with Crippen LogP contribution in [-0.2, 0) is 20.9 Å². The summed E-state index contributed by atoms with van der Waals surface area (Å²) in [6.07, 6.45) is 1.99. The van der Waals surface area contributed by atoms with Crippen LogP contribution in [0.3, 0.4) is 0 Å². The van der Waals surface area contributed by atoms with Crippen molar-refractivity contribution in [3.63, 3.8) is 0 Å². The SMILES string of the molecule is CCCCOc1ccc(S(=O)c2ccc(Br)cc2S(=O)(=O)Oc2ccccc2)cc1. The van der Waals surface area contributed by atoms with Crippen LogP contribution < -0.4 is 8.92 Å². The highest BCUT2D eigenvalue weighted by atomic mass is 79.9. The summed E-state index contributed by atoms with van der Waals surface area (Å²) in [7, 11) is -5.91. The molecular formula is C22H21BrO5S2. The molecule has 1 atom stereocenters. The van der Waals surface area contributed by atoms with E-state index in [4.69, 9.17) is 8.92 Å². The zero-order valence-electron chi connectivity index (χ0n) is 16.3. The normalized spacial score (nSPS) is 12.3. The number of benzene rings is 3. The maximum absolute atomic E-state index is 13.2. The van der Waals surface area contributed by atoms with E-state index in [1.807, 2.05) is 0 Å². The summed E-state index contributed by atoms with van der Waals surface area (Å²) in [4.78, 5) is 0.465. The standard InChI is InChI=1S/C22H21BrO5S2/c1-2-3-15-27-18-10-12-20(13-11-18)29(24)21-14-9-17(23)16-22(21)30(25,26)28-19-7-5-4-6-8-19/h4-14,16H,2-3,15H2,1H3. The van der Waals surface area contributed by atoms with Crippen molar-refractivity contribution in [1.82, 2.24) is 0 Å². The molecule has 8 heteroatoms. The maximum Gasteiger partial charge on any atom is 0.340 e. The number of hydrogen-bond donors (Lipinski definition) is 0. The highest BCUT2D eigenvalue weighted by Crippen LogP contribution is 2.30. The van der Waals surface area contributed by atoms with Crippen molar-refractivity contribution in [2.45, 2.75) is 34.5 Å². The van der Waals surface area contributed by atoms with Gasteiger partial charge < -0.3 is 8.92 Å². The lowest BCUT2D eigenvalue weighted by molar-refractivity contribution is 0.309. The molecule has 1 unspecified atom stereocenters. The summed E-state index contributed by atoms with van der Waals surface area (Å²) in [5, 5.41) is 0. The molecule has 5 nitrogen and oxygen atoms in total. The van der Waals surface area contributed by atoms with Gasteiger partial charge in [-0.2, -0.15) is 8.42 Å². The first-order chi connectivity index (χ1) is 14.4. The van der Waals surface area contributed by atoms with Crippen molar-refractivity contribution in [2.75, 3.05) is 6.61 Å². The van der Waals surface area contributed by atoms with E-state index in [1.54, 1.807) is 60.7 Å². The number of rotatable bonds is 9. The van der Waals surface area contributed by atoms with E-state index in [2.05, 4.69) is 22.9 Å². The fraction of sp³-hybridized carbons (Fsp3) is 0.182. The highest BCUT2D eigenvalue weighted by Gasteiger charge is 2.25. The first-order valence-electron chi connectivity index (χ1n) is 9.34. The van der Waals surface area contributed by atoms with E-state index in [9.17, 15) is 12.6 Å². The van der Waals surface area contributed by atoms with Crippen molar-refractivity contribution in [3.05, 3.63) is 77.3 Å². The van der Waals surface area contributed by atoms with E-state index < -0.39 is 20.9 Å². The lowest BCUT2D eigenvalue weighted by Gasteiger charge is -2.12. The minimum Gasteiger partial charge on any atom is -0.494 e. The van der Waals surface area contributed by atoms with Gasteiger partial charge in [-0.25, -0.2) is 4.21 Å². The van der Waals surface area contributed by atoms with Crippen LogP contribution in [0, 0.1) is 0 Å². The van der Waals surface area contributed by atoms with E-state index in [1.165, 1.54) is 12.1 Å². The molecule has 3 aromatic carbocycles. The van der Waals surface area contributed by atoms with Gasteiger partial charge in [0.15, 0.2) is 0 Å². The van der Waals surface area contributed by atoms with Gasteiger partial charge in [0, 0.05) is 9.37 Å². The van der Waals surface area contributed by atoms with Gasteiger partial charge in [-0.1, -0.05) is 47.5 Å². The smallest absolute Gasteiger partial charge is 0.340 e. The fourth-order valence-electron chi connectivity index (χ4n) is 2.60. The van der Waals surface area contributed by atoms with Crippen LogP contribution in [0.4, 0.5) is 0 Å². The zero-order valence-corrected chi connectivity index (χ0v) is 19.5. The molecule has 0 aromatic heterocycles. The molecule has 0 aliphatic rings. The molecule has 0 N–H and O–H groups in total. The molecule has 0 saturated carbocycles. The molecule has 0 heterocycles. The first kappa shape index (κ1) is 22.5. The summed E-state index contributed by atoms with van der Waals surface area (Å²) in [5.74, 6) is 0.864. The van der Waals surface area contributed by atoms with Crippen LogP contribution in [0.15, 0.2) is 92.0 Å². The molecule has 0 spiro atoms. The quantitative estimate of drug-likeness (QED) is 0.279. The Morgan fingerprint density at radius 3 is 2.30 bits per heavy atom. The maximum atomic E-state index is 13.2. The van der Waals surface area contributed by atoms with Gasteiger partial charge in [-0.05, 0) is 61.0 Å². The van der Waals surface area contributed by atoms with E-state index >= 15 is 0 Å².